The average Bonchev–Trinajstić information content (AvgIpc) is 3.06. The highest BCUT2D eigenvalue weighted by Crippen LogP contribution is 2.51. The van der Waals surface area contributed by atoms with Crippen LogP contribution in [0.1, 0.15) is 6.92 Å². The number of esters is 2. The minimum absolute atomic E-state index is 0.791. The predicted octanol–water partition coefficient (Wildman–Crippen LogP) is -2.66. The molecular weight excluding hydrogens is 374 g/mol. The molecule has 0 radical (unpaired) electrons. The van der Waals surface area contributed by atoms with E-state index in [9.17, 15) is 36.7 Å². The van der Waals surface area contributed by atoms with Crippen molar-refractivity contribution in [2.45, 2.75) is 42.5 Å². The van der Waals surface area contributed by atoms with Gasteiger partial charge in [-0.2, -0.15) is 17.2 Å². The average molecular weight is 385 g/mol. The zero-order valence-electron chi connectivity index (χ0n) is 12.4. The van der Waals surface area contributed by atoms with Crippen molar-refractivity contribution in [3.63, 3.8) is 0 Å². The van der Waals surface area contributed by atoms with Crippen molar-refractivity contribution in [2.75, 3.05) is 6.61 Å². The van der Waals surface area contributed by atoms with Crippen molar-refractivity contribution < 1.29 is 55.1 Å². The third kappa shape index (κ3) is 2.75. The van der Waals surface area contributed by atoms with Crippen molar-refractivity contribution >= 4 is 28.0 Å². The van der Waals surface area contributed by atoms with Gasteiger partial charge in [0.15, 0.2) is 12.7 Å². The molecule has 0 aliphatic carbocycles. The lowest BCUT2D eigenvalue weighted by molar-refractivity contribution is -0.331. The summed E-state index contributed by atoms with van der Waals surface area (Å²) in [5, 5.41) is 8.72. The first-order valence-corrected chi connectivity index (χ1v) is 8.43. The molecule has 2 bridgehead atoms. The summed E-state index contributed by atoms with van der Waals surface area (Å²) < 4.78 is 69.3. The number of carboxylic acids is 1. The van der Waals surface area contributed by atoms with Crippen molar-refractivity contribution in [1.29, 1.82) is 0 Å². The molecule has 13 heteroatoms. The first kappa shape index (κ1) is 17.9. The fourth-order valence-electron chi connectivity index (χ4n) is 3.24. The molecule has 0 N–H and O–H groups in total. The number of halogens is 2. The molecule has 140 valence electrons. The number of carboxylic acid groups (broad SMARTS) is 1. The van der Waals surface area contributed by atoms with Gasteiger partial charge in [0, 0.05) is 6.92 Å². The Morgan fingerprint density at radius 2 is 1.84 bits per heavy atom. The number of fused-ring (bicyclic) bond motifs is 1. The van der Waals surface area contributed by atoms with E-state index in [1.165, 1.54) is 0 Å². The Hall–Kier alpha value is -1.86. The van der Waals surface area contributed by atoms with Crippen LogP contribution in [-0.2, 0) is 42.9 Å². The summed E-state index contributed by atoms with van der Waals surface area (Å²) in [7, 11) is -4.30. The van der Waals surface area contributed by atoms with Crippen LogP contribution in [0.5, 0.6) is 0 Å². The molecule has 3 rings (SSSR count). The second-order valence-corrected chi connectivity index (χ2v) is 7.51. The first-order valence-electron chi connectivity index (χ1n) is 6.96. The van der Waals surface area contributed by atoms with Gasteiger partial charge in [-0.25, -0.2) is 0 Å². The molecule has 0 saturated carbocycles. The molecule has 3 aliphatic heterocycles. The lowest BCUT2D eigenvalue weighted by Gasteiger charge is -2.27. The van der Waals surface area contributed by atoms with Crippen molar-refractivity contribution in [3.05, 3.63) is 0 Å². The van der Waals surface area contributed by atoms with Gasteiger partial charge in [0.05, 0.1) is 0 Å². The zero-order chi connectivity index (χ0) is 18.7. The number of ether oxygens (including phenoxy) is 3. The largest absolute Gasteiger partial charge is 0.544 e. The van der Waals surface area contributed by atoms with E-state index >= 15 is 0 Å². The molecule has 10 nitrogen and oxygen atoms in total. The van der Waals surface area contributed by atoms with Crippen LogP contribution in [0, 0.1) is 5.92 Å². The Morgan fingerprint density at radius 1 is 1.20 bits per heavy atom. The maximum absolute atomic E-state index is 13.0. The van der Waals surface area contributed by atoms with Gasteiger partial charge in [-0.3, -0.25) is 13.8 Å². The Morgan fingerprint density at radius 3 is 2.40 bits per heavy atom. The van der Waals surface area contributed by atoms with E-state index in [1.54, 1.807) is 0 Å². The van der Waals surface area contributed by atoms with Crippen LogP contribution in [-0.4, -0.2) is 68.5 Å². The van der Waals surface area contributed by atoms with Crippen LogP contribution < -0.4 is 5.11 Å². The maximum Gasteiger partial charge on any atom is 0.320 e. The molecule has 25 heavy (non-hydrogen) atoms. The van der Waals surface area contributed by atoms with Crippen molar-refractivity contribution in [1.82, 2.24) is 0 Å². The molecule has 3 saturated heterocycles. The number of carbonyl (C=O) groups excluding carboxylic acids is 3. The highest BCUT2D eigenvalue weighted by Gasteiger charge is 2.73. The topological polar surface area (TPSA) is 145 Å². The SMILES string of the molecule is CC(=O)OC1C2OS(=O)(=O)C3C2OC1C3C(=O)OCC(F)(F)C(=O)[O-]. The van der Waals surface area contributed by atoms with Gasteiger partial charge < -0.3 is 24.1 Å². The van der Waals surface area contributed by atoms with Gasteiger partial charge in [-0.15, -0.1) is 0 Å². The number of hydrogen-bond acceptors (Lipinski definition) is 10. The summed E-state index contributed by atoms with van der Waals surface area (Å²) in [6, 6.07) is 0. The number of aliphatic carboxylic acids is 1. The molecule has 0 amide bonds. The van der Waals surface area contributed by atoms with Gasteiger partial charge in [-0.05, 0) is 0 Å². The van der Waals surface area contributed by atoms with Crippen LogP contribution in [0.3, 0.4) is 0 Å². The minimum atomic E-state index is -4.45. The van der Waals surface area contributed by atoms with Gasteiger partial charge in [0.25, 0.3) is 10.1 Å². The van der Waals surface area contributed by atoms with Crippen molar-refractivity contribution in [2.24, 2.45) is 5.92 Å². The highest BCUT2D eigenvalue weighted by atomic mass is 32.2. The van der Waals surface area contributed by atoms with E-state index in [-0.39, 0.29) is 0 Å². The smallest absolute Gasteiger partial charge is 0.320 e. The standard InChI is InChI=1S/C12H12F2O10S/c1-3(15)22-6-5-4(10(16)21-2-12(13,14)11(17)18)9-8(23-5)7(6)24-25(9,19)20/h4-9H,2H2,1H3,(H,17,18)/p-1. The summed E-state index contributed by atoms with van der Waals surface area (Å²) in [5.74, 6) is -11.0. The minimum Gasteiger partial charge on any atom is -0.544 e. The van der Waals surface area contributed by atoms with E-state index in [0.717, 1.165) is 6.92 Å². The van der Waals surface area contributed by atoms with Crippen LogP contribution in [0.25, 0.3) is 0 Å². The van der Waals surface area contributed by atoms with Crippen molar-refractivity contribution in [3.8, 4) is 0 Å². The van der Waals surface area contributed by atoms with Gasteiger partial charge in [0.2, 0.25) is 0 Å². The normalized spacial score (nSPS) is 37.7. The monoisotopic (exact) mass is 385 g/mol. The lowest BCUT2D eigenvalue weighted by atomic mass is 9.85. The van der Waals surface area contributed by atoms with E-state index in [4.69, 9.17) is 13.7 Å². The maximum atomic E-state index is 13.0. The Labute approximate surface area is 139 Å². The van der Waals surface area contributed by atoms with E-state index in [0.29, 0.717) is 0 Å². The van der Waals surface area contributed by atoms with Crippen LogP contribution in [0.4, 0.5) is 8.78 Å². The second-order valence-electron chi connectivity index (χ2n) is 5.78. The number of hydrogen-bond donors (Lipinski definition) is 0. The number of rotatable bonds is 5. The summed E-state index contributed by atoms with van der Waals surface area (Å²) >= 11 is 0. The fourth-order valence-corrected chi connectivity index (χ4v) is 5.07. The second kappa shape index (κ2) is 5.57. The molecule has 6 atom stereocenters. The van der Waals surface area contributed by atoms with Crippen LogP contribution in [0.15, 0.2) is 0 Å². The van der Waals surface area contributed by atoms with Gasteiger partial charge in [-0.1, -0.05) is 0 Å². The van der Waals surface area contributed by atoms with Crippen LogP contribution >= 0.6 is 0 Å². The predicted molar refractivity (Wildman–Crippen MR) is 66.2 cm³/mol. The Kier molecular flexibility index (Phi) is 4.00. The molecule has 3 fully saturated rings. The summed E-state index contributed by atoms with van der Waals surface area (Å²) in [4.78, 5) is 33.5. The fraction of sp³-hybridized carbons (Fsp3) is 0.750. The van der Waals surface area contributed by atoms with Crippen LogP contribution in [0.2, 0.25) is 0 Å². The van der Waals surface area contributed by atoms with E-state index in [2.05, 4.69) is 4.74 Å². The molecule has 0 aromatic heterocycles. The van der Waals surface area contributed by atoms with E-state index in [1.807, 2.05) is 0 Å². The molecule has 6 unspecified atom stereocenters. The Balaban J connectivity index is 1.82. The first-order chi connectivity index (χ1) is 11.5. The number of carbonyl (C=O) groups is 3. The van der Waals surface area contributed by atoms with E-state index < -0.39 is 76.1 Å². The quantitative estimate of drug-likeness (QED) is 0.363. The Bertz CT molecular complexity index is 734. The lowest BCUT2D eigenvalue weighted by Crippen LogP contribution is -2.51. The summed E-state index contributed by atoms with van der Waals surface area (Å²) in [6.07, 6.45) is -4.78. The van der Waals surface area contributed by atoms with Gasteiger partial charge in [0.1, 0.15) is 35.4 Å². The summed E-state index contributed by atoms with van der Waals surface area (Å²) in [6.45, 7) is -0.794. The number of alkyl halides is 2. The highest BCUT2D eigenvalue weighted by molar-refractivity contribution is 7.87. The molecular formula is C12H11F2O10S-. The molecule has 0 aromatic rings. The summed E-state index contributed by atoms with van der Waals surface area (Å²) in [5.41, 5.74) is 0. The third-order valence-corrected chi connectivity index (χ3v) is 5.88. The third-order valence-electron chi connectivity index (χ3n) is 4.16. The molecule has 0 spiro atoms. The molecule has 0 aromatic carbocycles. The zero-order valence-corrected chi connectivity index (χ0v) is 13.2. The molecule has 3 aliphatic rings. The molecule has 3 heterocycles. The van der Waals surface area contributed by atoms with Gasteiger partial charge >= 0.3 is 17.9 Å².